The maximum absolute atomic E-state index is 12.9. The molecule has 2 aromatic rings. The Morgan fingerprint density at radius 3 is 2.80 bits per heavy atom. The summed E-state index contributed by atoms with van der Waals surface area (Å²) in [5.41, 5.74) is 5.48. The molecule has 0 spiro atoms. The smallest absolute Gasteiger partial charge is 0.168 e. The molecular formula is C24H31N3O2S. The number of likely N-dealkylation sites (N-methyl/N-ethyl adjacent to an activating group) is 1. The summed E-state index contributed by atoms with van der Waals surface area (Å²) in [5.74, 6) is 0.496. The fourth-order valence-corrected chi connectivity index (χ4v) is 5.45. The Bertz CT molecular complexity index is 986. The van der Waals surface area contributed by atoms with E-state index in [0.29, 0.717) is 5.75 Å². The van der Waals surface area contributed by atoms with E-state index >= 15 is 0 Å². The average Bonchev–Trinajstić information content (AvgIpc) is 3.38. The minimum atomic E-state index is -0.183. The molecule has 5 nitrogen and oxygen atoms in total. The van der Waals surface area contributed by atoms with Crippen molar-refractivity contribution in [2.75, 3.05) is 24.3 Å². The van der Waals surface area contributed by atoms with E-state index in [0.717, 1.165) is 48.2 Å². The molecule has 2 aliphatic rings. The molecule has 0 amide bonds. The number of anilines is 1. The average molecular weight is 426 g/mol. The van der Waals surface area contributed by atoms with Crippen molar-refractivity contribution in [2.45, 2.75) is 63.8 Å². The number of nitrogens with zero attached hydrogens (tertiary/aromatic N) is 3. The quantitative estimate of drug-likeness (QED) is 0.498. The third-order valence-electron chi connectivity index (χ3n) is 6.41. The Morgan fingerprint density at radius 2 is 2.10 bits per heavy atom. The van der Waals surface area contributed by atoms with Crippen LogP contribution in [0.15, 0.2) is 41.2 Å². The second kappa shape index (κ2) is 8.23. The first-order valence-electron chi connectivity index (χ1n) is 10.7. The van der Waals surface area contributed by atoms with Gasteiger partial charge in [-0.2, -0.15) is 0 Å². The number of hydrogen-bond acceptors (Lipinski definition) is 5. The molecule has 1 saturated heterocycles. The van der Waals surface area contributed by atoms with Gasteiger partial charge in [0.25, 0.3) is 0 Å². The van der Waals surface area contributed by atoms with E-state index in [4.69, 9.17) is 9.72 Å². The van der Waals surface area contributed by atoms with Crippen molar-refractivity contribution in [1.29, 1.82) is 0 Å². The molecule has 1 aromatic heterocycles. The highest BCUT2D eigenvalue weighted by molar-refractivity contribution is 7.99. The first kappa shape index (κ1) is 21.2. The predicted molar refractivity (Wildman–Crippen MR) is 122 cm³/mol. The maximum Gasteiger partial charge on any atom is 0.168 e. The molecule has 160 valence electrons. The lowest BCUT2D eigenvalue weighted by Gasteiger charge is -2.23. The molecule has 2 aliphatic heterocycles. The number of rotatable bonds is 6. The van der Waals surface area contributed by atoms with Crippen LogP contribution in [0.5, 0.6) is 0 Å². The van der Waals surface area contributed by atoms with E-state index in [1.54, 1.807) is 0 Å². The van der Waals surface area contributed by atoms with Gasteiger partial charge >= 0.3 is 0 Å². The number of ketones is 1. The molecule has 0 radical (unpaired) electrons. The van der Waals surface area contributed by atoms with E-state index < -0.39 is 0 Å². The van der Waals surface area contributed by atoms with Gasteiger partial charge in [-0.15, -0.1) is 0 Å². The summed E-state index contributed by atoms with van der Waals surface area (Å²) in [6, 6.07) is 8.38. The third-order valence-corrected chi connectivity index (χ3v) is 7.41. The molecule has 6 heteroatoms. The molecule has 0 saturated carbocycles. The first-order chi connectivity index (χ1) is 14.3. The van der Waals surface area contributed by atoms with Crippen LogP contribution in [0.2, 0.25) is 0 Å². The highest BCUT2D eigenvalue weighted by atomic mass is 32.2. The SMILES string of the molecule is Cc1nc(SCC(=O)/C=C2\N(C)c3ccccc3C2(C)C)n(CC2CCCO2)c1C. The topological polar surface area (TPSA) is 47.4 Å². The lowest BCUT2D eigenvalue weighted by molar-refractivity contribution is -0.112. The van der Waals surface area contributed by atoms with Gasteiger partial charge in [0, 0.05) is 42.2 Å². The second-order valence-electron chi connectivity index (χ2n) is 8.80. The fraction of sp³-hybridized carbons (Fsp3) is 0.500. The van der Waals surface area contributed by atoms with E-state index in [2.05, 4.69) is 48.4 Å². The first-order valence-corrected chi connectivity index (χ1v) is 11.6. The summed E-state index contributed by atoms with van der Waals surface area (Å²) in [6.45, 7) is 10.2. The van der Waals surface area contributed by atoms with Crippen LogP contribution in [0.25, 0.3) is 0 Å². The second-order valence-corrected chi connectivity index (χ2v) is 9.74. The summed E-state index contributed by atoms with van der Waals surface area (Å²) in [6.07, 6.45) is 4.28. The van der Waals surface area contributed by atoms with Crippen molar-refractivity contribution in [3.63, 3.8) is 0 Å². The zero-order chi connectivity index (χ0) is 21.5. The Morgan fingerprint density at radius 1 is 1.33 bits per heavy atom. The molecule has 4 rings (SSSR count). The Balaban J connectivity index is 1.49. The molecular weight excluding hydrogens is 394 g/mol. The largest absolute Gasteiger partial charge is 0.376 e. The molecule has 1 unspecified atom stereocenters. The molecule has 3 heterocycles. The summed E-state index contributed by atoms with van der Waals surface area (Å²) >= 11 is 1.53. The number of hydrogen-bond donors (Lipinski definition) is 0. The predicted octanol–water partition coefficient (Wildman–Crippen LogP) is 4.65. The molecule has 0 aliphatic carbocycles. The van der Waals surface area contributed by atoms with Crippen LogP contribution in [-0.2, 0) is 21.5 Å². The normalized spacial score (nSPS) is 21.4. The van der Waals surface area contributed by atoms with Crippen LogP contribution >= 0.6 is 11.8 Å². The highest BCUT2D eigenvalue weighted by Crippen LogP contribution is 2.46. The summed E-state index contributed by atoms with van der Waals surface area (Å²) < 4.78 is 8.04. The highest BCUT2D eigenvalue weighted by Gasteiger charge is 2.38. The van der Waals surface area contributed by atoms with Crippen molar-refractivity contribution < 1.29 is 9.53 Å². The van der Waals surface area contributed by atoms with Crippen LogP contribution in [0.1, 0.15) is 43.6 Å². The number of imidazole rings is 1. The lowest BCUT2D eigenvalue weighted by Crippen LogP contribution is -2.24. The zero-order valence-electron chi connectivity index (χ0n) is 18.6. The van der Waals surface area contributed by atoms with Gasteiger partial charge in [0.1, 0.15) is 0 Å². The van der Waals surface area contributed by atoms with Crippen molar-refractivity contribution in [3.05, 3.63) is 53.0 Å². The zero-order valence-corrected chi connectivity index (χ0v) is 19.4. The van der Waals surface area contributed by atoms with Gasteiger partial charge in [0.15, 0.2) is 10.9 Å². The van der Waals surface area contributed by atoms with Crippen LogP contribution in [0.4, 0.5) is 5.69 Å². The van der Waals surface area contributed by atoms with Crippen molar-refractivity contribution in [1.82, 2.24) is 9.55 Å². The van der Waals surface area contributed by atoms with Gasteiger partial charge in [-0.25, -0.2) is 4.98 Å². The number of aryl methyl sites for hydroxylation is 1. The monoisotopic (exact) mass is 425 g/mol. The van der Waals surface area contributed by atoms with Crippen LogP contribution < -0.4 is 4.90 Å². The number of thioether (sulfide) groups is 1. The standard InChI is InChI=1S/C24H31N3O2S/c1-16-17(2)27(14-19-9-8-12-29-19)23(25-16)30-15-18(28)13-22-24(3,4)20-10-6-7-11-21(20)26(22)5/h6-7,10-11,13,19H,8-9,12,14-15H2,1-5H3/b22-13-. The molecule has 1 atom stereocenters. The maximum atomic E-state index is 12.9. The van der Waals surface area contributed by atoms with Crippen LogP contribution in [-0.4, -0.2) is 40.8 Å². The molecule has 1 fully saturated rings. The minimum absolute atomic E-state index is 0.115. The number of para-hydroxylation sites is 1. The van der Waals surface area contributed by atoms with Crippen molar-refractivity contribution in [2.24, 2.45) is 0 Å². The Labute approximate surface area is 183 Å². The number of allylic oxidation sites excluding steroid dienone is 2. The summed E-state index contributed by atoms with van der Waals surface area (Å²) in [7, 11) is 2.04. The Kier molecular flexibility index (Phi) is 5.82. The number of ether oxygens (including phenoxy) is 1. The van der Waals surface area contributed by atoms with Gasteiger partial charge in [0.2, 0.25) is 0 Å². The number of benzene rings is 1. The number of aromatic nitrogens is 2. The van der Waals surface area contributed by atoms with Crippen molar-refractivity contribution in [3.8, 4) is 0 Å². The lowest BCUT2D eigenvalue weighted by atomic mass is 9.83. The summed E-state index contributed by atoms with van der Waals surface area (Å²) in [4.78, 5) is 19.8. The van der Waals surface area contributed by atoms with Gasteiger partial charge in [-0.1, -0.05) is 43.8 Å². The van der Waals surface area contributed by atoms with Gasteiger partial charge in [-0.3, -0.25) is 4.79 Å². The van der Waals surface area contributed by atoms with E-state index in [9.17, 15) is 4.79 Å². The number of carbonyl (C=O) groups excluding carboxylic acids is 1. The van der Waals surface area contributed by atoms with Gasteiger partial charge in [-0.05, 0) is 38.3 Å². The molecule has 0 N–H and O–H groups in total. The van der Waals surface area contributed by atoms with Crippen LogP contribution in [0.3, 0.4) is 0 Å². The van der Waals surface area contributed by atoms with E-state index in [1.165, 1.54) is 23.0 Å². The Hall–Kier alpha value is -2.05. The molecule has 1 aromatic carbocycles. The van der Waals surface area contributed by atoms with Gasteiger partial charge in [0.05, 0.1) is 24.1 Å². The summed E-state index contributed by atoms with van der Waals surface area (Å²) in [5, 5.41) is 0.912. The van der Waals surface area contributed by atoms with Crippen LogP contribution in [0, 0.1) is 13.8 Å². The number of fused-ring (bicyclic) bond motifs is 1. The van der Waals surface area contributed by atoms with Gasteiger partial charge < -0.3 is 14.2 Å². The number of carbonyl (C=O) groups is 1. The fourth-order valence-electron chi connectivity index (χ4n) is 4.53. The third kappa shape index (κ3) is 3.83. The molecule has 30 heavy (non-hydrogen) atoms. The molecule has 0 bridgehead atoms. The minimum Gasteiger partial charge on any atom is -0.376 e. The van der Waals surface area contributed by atoms with Crippen molar-refractivity contribution >= 4 is 23.2 Å². The van der Waals surface area contributed by atoms with E-state index in [-0.39, 0.29) is 17.3 Å². The van der Waals surface area contributed by atoms with E-state index in [1.807, 2.05) is 26.1 Å².